The first-order valence-corrected chi connectivity index (χ1v) is 10.2. The zero-order chi connectivity index (χ0) is 22.3. The maximum atomic E-state index is 12.5. The van der Waals surface area contributed by atoms with E-state index in [-0.39, 0.29) is 28.2 Å². The van der Waals surface area contributed by atoms with Gasteiger partial charge in [-0.3, -0.25) is 4.79 Å². The van der Waals surface area contributed by atoms with Gasteiger partial charge in [-0.1, -0.05) is 12.1 Å². The molecule has 0 fully saturated rings. The van der Waals surface area contributed by atoms with Crippen molar-refractivity contribution >= 4 is 40.3 Å². The third-order valence-electron chi connectivity index (χ3n) is 3.91. The minimum atomic E-state index is -0.609. The summed E-state index contributed by atoms with van der Waals surface area (Å²) in [5.41, 5.74) is 1.34. The summed E-state index contributed by atoms with van der Waals surface area (Å²) >= 11 is 0.985. The molecule has 2 rings (SSSR count). The molecule has 1 aromatic heterocycles. The lowest BCUT2D eigenvalue weighted by molar-refractivity contribution is -0.111. The molecular formula is C22H25NO6S. The molecule has 0 aliphatic heterocycles. The molecule has 0 radical (unpaired) electrons. The normalized spacial score (nSPS) is 10.9. The number of thiophene rings is 1. The summed E-state index contributed by atoms with van der Waals surface area (Å²) in [4.78, 5) is 37.5. The average molecular weight is 432 g/mol. The highest BCUT2D eigenvalue weighted by Crippen LogP contribution is 2.34. The van der Waals surface area contributed by atoms with Crippen LogP contribution in [0.3, 0.4) is 0 Å². The standard InChI is InChI=1S/C22H25NO6S/c1-6-28-21(25)18-14(4)19(22(26)29-13(2)3)30-20(18)23-17(24)11-10-15-8-7-9-16(12-15)27-5/h7-13H,6H2,1-5H3,(H,23,24)/b11-10+. The van der Waals surface area contributed by atoms with Crippen LogP contribution in [0.1, 0.15) is 51.9 Å². The number of nitrogens with one attached hydrogen (secondary N) is 1. The first-order chi connectivity index (χ1) is 14.3. The van der Waals surface area contributed by atoms with Crippen LogP contribution in [0.15, 0.2) is 30.3 Å². The van der Waals surface area contributed by atoms with E-state index in [1.807, 2.05) is 12.1 Å². The number of esters is 2. The fraction of sp³-hybridized carbons (Fsp3) is 0.318. The maximum absolute atomic E-state index is 12.5. The number of methoxy groups -OCH3 is 1. The smallest absolute Gasteiger partial charge is 0.348 e. The van der Waals surface area contributed by atoms with Gasteiger partial charge >= 0.3 is 11.9 Å². The lowest BCUT2D eigenvalue weighted by Crippen LogP contribution is -2.13. The fourth-order valence-electron chi connectivity index (χ4n) is 2.58. The topological polar surface area (TPSA) is 90.9 Å². The van der Waals surface area contributed by atoms with Crippen LogP contribution in [-0.2, 0) is 14.3 Å². The van der Waals surface area contributed by atoms with Gasteiger partial charge in [0, 0.05) is 6.08 Å². The molecule has 1 amide bonds. The minimum absolute atomic E-state index is 0.153. The summed E-state index contributed by atoms with van der Waals surface area (Å²) in [5, 5.41) is 2.91. The summed E-state index contributed by atoms with van der Waals surface area (Å²) < 4.78 is 15.5. The molecule has 0 unspecified atom stereocenters. The van der Waals surface area contributed by atoms with Crippen molar-refractivity contribution < 1.29 is 28.6 Å². The zero-order valence-electron chi connectivity index (χ0n) is 17.6. The number of carbonyl (C=O) groups is 3. The summed E-state index contributed by atoms with van der Waals surface area (Å²) in [6, 6.07) is 7.22. The van der Waals surface area contributed by atoms with E-state index < -0.39 is 17.8 Å². The number of hydrogen-bond acceptors (Lipinski definition) is 7. The Morgan fingerprint density at radius 2 is 1.93 bits per heavy atom. The number of ether oxygens (including phenoxy) is 3. The van der Waals surface area contributed by atoms with Gasteiger partial charge < -0.3 is 19.5 Å². The van der Waals surface area contributed by atoms with Gasteiger partial charge in [0.1, 0.15) is 15.6 Å². The third kappa shape index (κ3) is 5.93. The quantitative estimate of drug-likeness (QED) is 0.490. The van der Waals surface area contributed by atoms with Crippen LogP contribution in [0.25, 0.3) is 6.08 Å². The molecule has 30 heavy (non-hydrogen) atoms. The van der Waals surface area contributed by atoms with E-state index >= 15 is 0 Å². The third-order valence-corrected chi connectivity index (χ3v) is 5.10. The first-order valence-electron chi connectivity index (χ1n) is 9.41. The van der Waals surface area contributed by atoms with Crippen LogP contribution in [0.2, 0.25) is 0 Å². The van der Waals surface area contributed by atoms with Crippen molar-refractivity contribution in [1.82, 2.24) is 0 Å². The molecule has 7 nitrogen and oxygen atoms in total. The Morgan fingerprint density at radius 3 is 2.57 bits per heavy atom. The largest absolute Gasteiger partial charge is 0.497 e. The Kier molecular flexibility index (Phi) is 8.17. The van der Waals surface area contributed by atoms with Crippen molar-refractivity contribution in [3.63, 3.8) is 0 Å². The molecule has 1 heterocycles. The molecule has 0 atom stereocenters. The Bertz CT molecular complexity index is 961. The fourth-order valence-corrected chi connectivity index (χ4v) is 3.66. The monoisotopic (exact) mass is 431 g/mol. The van der Waals surface area contributed by atoms with Crippen LogP contribution in [0, 0.1) is 6.92 Å². The molecule has 0 aliphatic carbocycles. The van der Waals surface area contributed by atoms with Crippen LogP contribution in [0.5, 0.6) is 5.75 Å². The van der Waals surface area contributed by atoms with Crippen molar-refractivity contribution in [3.8, 4) is 5.75 Å². The summed E-state index contributed by atoms with van der Waals surface area (Å²) in [7, 11) is 1.56. The number of amides is 1. The van der Waals surface area contributed by atoms with E-state index in [2.05, 4.69) is 5.32 Å². The van der Waals surface area contributed by atoms with Gasteiger partial charge in [0.05, 0.1) is 25.4 Å². The molecule has 2 aromatic rings. The van der Waals surface area contributed by atoms with Crippen molar-refractivity contribution in [2.75, 3.05) is 19.0 Å². The van der Waals surface area contributed by atoms with E-state index in [1.54, 1.807) is 53.0 Å². The second-order valence-corrected chi connectivity index (χ2v) is 7.55. The molecule has 0 aliphatic rings. The van der Waals surface area contributed by atoms with Crippen LogP contribution < -0.4 is 10.1 Å². The van der Waals surface area contributed by atoms with Gasteiger partial charge in [-0.05, 0) is 57.0 Å². The molecule has 8 heteroatoms. The van der Waals surface area contributed by atoms with Gasteiger partial charge in [0.15, 0.2) is 0 Å². The highest BCUT2D eigenvalue weighted by atomic mass is 32.1. The van der Waals surface area contributed by atoms with Crippen LogP contribution in [0.4, 0.5) is 5.00 Å². The van der Waals surface area contributed by atoms with E-state index in [0.717, 1.165) is 16.9 Å². The summed E-state index contributed by atoms with van der Waals surface area (Å²) in [6.45, 7) is 6.95. The molecule has 0 saturated carbocycles. The van der Waals surface area contributed by atoms with Gasteiger partial charge in [-0.25, -0.2) is 9.59 Å². The number of benzene rings is 1. The van der Waals surface area contributed by atoms with E-state index in [9.17, 15) is 14.4 Å². The molecule has 0 bridgehead atoms. The highest BCUT2D eigenvalue weighted by Gasteiger charge is 2.27. The van der Waals surface area contributed by atoms with Crippen molar-refractivity contribution in [2.24, 2.45) is 0 Å². The zero-order valence-corrected chi connectivity index (χ0v) is 18.4. The molecule has 160 valence electrons. The number of carbonyl (C=O) groups excluding carboxylic acids is 3. The molecule has 0 saturated heterocycles. The van der Waals surface area contributed by atoms with Gasteiger partial charge in [0.2, 0.25) is 5.91 Å². The van der Waals surface area contributed by atoms with E-state index in [1.165, 1.54) is 6.08 Å². The SMILES string of the molecule is CCOC(=O)c1c(NC(=O)/C=C/c2cccc(OC)c2)sc(C(=O)OC(C)C)c1C. The molecule has 0 spiro atoms. The minimum Gasteiger partial charge on any atom is -0.497 e. The lowest BCUT2D eigenvalue weighted by atomic mass is 10.1. The van der Waals surface area contributed by atoms with E-state index in [4.69, 9.17) is 14.2 Å². The Balaban J connectivity index is 2.29. The van der Waals surface area contributed by atoms with E-state index in [0.29, 0.717) is 11.3 Å². The second-order valence-electron chi connectivity index (χ2n) is 6.53. The van der Waals surface area contributed by atoms with Gasteiger partial charge in [-0.15, -0.1) is 11.3 Å². The van der Waals surface area contributed by atoms with Crippen molar-refractivity contribution in [1.29, 1.82) is 0 Å². The molecule has 1 aromatic carbocycles. The first kappa shape index (κ1) is 23.2. The number of rotatable bonds is 8. The number of hydrogen-bond donors (Lipinski definition) is 1. The second kappa shape index (κ2) is 10.6. The van der Waals surface area contributed by atoms with Crippen LogP contribution in [-0.4, -0.2) is 37.7 Å². The van der Waals surface area contributed by atoms with Crippen LogP contribution >= 0.6 is 11.3 Å². The van der Waals surface area contributed by atoms with Crippen molar-refractivity contribution in [3.05, 3.63) is 51.9 Å². The predicted octanol–water partition coefficient (Wildman–Crippen LogP) is 4.46. The summed E-state index contributed by atoms with van der Waals surface area (Å²) in [6.07, 6.45) is 2.65. The van der Waals surface area contributed by atoms with Gasteiger partial charge in [-0.2, -0.15) is 0 Å². The Labute approximate surface area is 179 Å². The summed E-state index contributed by atoms with van der Waals surface area (Å²) in [5.74, 6) is -0.940. The highest BCUT2D eigenvalue weighted by molar-refractivity contribution is 7.18. The number of anilines is 1. The maximum Gasteiger partial charge on any atom is 0.348 e. The molecule has 1 N–H and O–H groups in total. The lowest BCUT2D eigenvalue weighted by Gasteiger charge is -2.07. The van der Waals surface area contributed by atoms with Gasteiger partial charge in [0.25, 0.3) is 0 Å². The van der Waals surface area contributed by atoms with Crippen molar-refractivity contribution in [2.45, 2.75) is 33.8 Å². The molecular weight excluding hydrogens is 406 g/mol. The predicted molar refractivity (Wildman–Crippen MR) is 116 cm³/mol. The Morgan fingerprint density at radius 1 is 1.20 bits per heavy atom. The Hall–Kier alpha value is -3.13. The average Bonchev–Trinajstić information content (AvgIpc) is 3.02.